The average molecular weight is 718 g/mol. The lowest BCUT2D eigenvalue weighted by molar-refractivity contribution is -0.134. The summed E-state index contributed by atoms with van der Waals surface area (Å²) in [4.78, 5) is 33.3. The molecule has 13 heteroatoms. The van der Waals surface area contributed by atoms with Crippen molar-refractivity contribution in [2.45, 2.75) is 31.7 Å². The third kappa shape index (κ3) is 8.06. The molecule has 0 aliphatic carbocycles. The fourth-order valence-corrected chi connectivity index (χ4v) is 6.93. The molecule has 1 atom stereocenters. The summed E-state index contributed by atoms with van der Waals surface area (Å²) in [5, 5.41) is 17.0. The Bertz CT molecular complexity index is 1940. The van der Waals surface area contributed by atoms with Crippen molar-refractivity contribution in [3.63, 3.8) is 0 Å². The first-order valence-corrected chi connectivity index (χ1v) is 17.2. The highest BCUT2D eigenvalue weighted by Crippen LogP contribution is 2.40. The summed E-state index contributed by atoms with van der Waals surface area (Å²) in [5.41, 5.74) is 4.15. The number of anilines is 2. The zero-order chi connectivity index (χ0) is 35.2. The molecule has 2 saturated heterocycles. The van der Waals surface area contributed by atoms with Gasteiger partial charge in [0.25, 0.3) is 0 Å². The molecule has 0 radical (unpaired) electrons. The van der Waals surface area contributed by atoms with Crippen LogP contribution in [0.4, 0.5) is 11.4 Å². The SMILES string of the molecule is COc1cc(Nc2c(C#N)cnc3cc(OCCCN4CCN(Cc5cccc(C6CCC(=O)NC6=O)c5)CC4)c(OC)cc23)c(Cl)cc1Cl. The van der Waals surface area contributed by atoms with Gasteiger partial charge in [0.1, 0.15) is 11.8 Å². The van der Waals surface area contributed by atoms with Crippen LogP contribution in [0.2, 0.25) is 10.0 Å². The molecule has 2 fully saturated rings. The fraction of sp³-hybridized carbons (Fsp3) is 0.351. The minimum Gasteiger partial charge on any atom is -0.495 e. The molecule has 0 spiro atoms. The van der Waals surface area contributed by atoms with E-state index in [0.717, 1.165) is 51.3 Å². The number of carbonyl (C=O) groups is 2. The smallest absolute Gasteiger partial charge is 0.234 e. The Morgan fingerprint density at radius 2 is 1.76 bits per heavy atom. The number of hydrogen-bond acceptors (Lipinski definition) is 10. The van der Waals surface area contributed by atoms with Gasteiger partial charge in [0.15, 0.2) is 11.5 Å². The van der Waals surface area contributed by atoms with Crippen molar-refractivity contribution in [1.82, 2.24) is 20.1 Å². The first kappa shape index (κ1) is 35.2. The molecular weight excluding hydrogens is 679 g/mol. The molecule has 0 saturated carbocycles. The lowest BCUT2D eigenvalue weighted by atomic mass is 9.89. The Kier molecular flexibility index (Phi) is 11.2. The van der Waals surface area contributed by atoms with Crippen LogP contribution in [0.15, 0.2) is 54.7 Å². The predicted octanol–water partition coefficient (Wildman–Crippen LogP) is 6.28. The van der Waals surface area contributed by atoms with E-state index in [9.17, 15) is 14.9 Å². The zero-order valence-electron chi connectivity index (χ0n) is 27.9. The molecule has 260 valence electrons. The Morgan fingerprint density at radius 3 is 2.50 bits per heavy atom. The van der Waals surface area contributed by atoms with Crippen LogP contribution in [-0.2, 0) is 16.1 Å². The van der Waals surface area contributed by atoms with Gasteiger partial charge in [-0.1, -0.05) is 47.5 Å². The third-order valence-corrected chi connectivity index (χ3v) is 9.72. The van der Waals surface area contributed by atoms with Crippen LogP contribution in [0.5, 0.6) is 17.2 Å². The van der Waals surface area contributed by atoms with Gasteiger partial charge in [-0.3, -0.25) is 24.8 Å². The van der Waals surface area contributed by atoms with E-state index < -0.39 is 0 Å². The van der Waals surface area contributed by atoms with Gasteiger partial charge in [0.05, 0.1) is 59.2 Å². The van der Waals surface area contributed by atoms with Crippen molar-refractivity contribution in [3.05, 3.63) is 81.5 Å². The van der Waals surface area contributed by atoms with Crippen LogP contribution in [0.3, 0.4) is 0 Å². The summed E-state index contributed by atoms with van der Waals surface area (Å²) in [6.07, 6.45) is 3.28. The average Bonchev–Trinajstić information content (AvgIpc) is 3.11. The van der Waals surface area contributed by atoms with Gasteiger partial charge in [-0.25, -0.2) is 0 Å². The van der Waals surface area contributed by atoms with Crippen molar-refractivity contribution in [1.29, 1.82) is 5.26 Å². The maximum Gasteiger partial charge on any atom is 0.234 e. The van der Waals surface area contributed by atoms with E-state index in [-0.39, 0.29) is 17.7 Å². The molecule has 11 nitrogen and oxygen atoms in total. The molecule has 6 rings (SSSR count). The number of aromatic nitrogens is 1. The van der Waals surface area contributed by atoms with Crippen LogP contribution >= 0.6 is 23.2 Å². The van der Waals surface area contributed by atoms with Gasteiger partial charge < -0.3 is 24.4 Å². The van der Waals surface area contributed by atoms with E-state index in [0.29, 0.717) is 74.6 Å². The fourth-order valence-electron chi connectivity index (χ4n) is 6.43. The monoisotopic (exact) mass is 716 g/mol. The highest BCUT2D eigenvalue weighted by molar-refractivity contribution is 6.37. The predicted molar refractivity (Wildman–Crippen MR) is 193 cm³/mol. The Hall–Kier alpha value is -4.60. The largest absolute Gasteiger partial charge is 0.495 e. The number of methoxy groups -OCH3 is 2. The molecule has 1 unspecified atom stereocenters. The van der Waals surface area contributed by atoms with Crippen LogP contribution in [0, 0.1) is 11.3 Å². The van der Waals surface area contributed by atoms with E-state index in [2.05, 4.69) is 43.6 Å². The van der Waals surface area contributed by atoms with E-state index in [1.54, 1.807) is 19.2 Å². The number of nitriles is 1. The number of nitrogens with zero attached hydrogens (tertiary/aromatic N) is 4. The summed E-state index contributed by atoms with van der Waals surface area (Å²) in [6.45, 7) is 6.02. The maximum atomic E-state index is 12.4. The van der Waals surface area contributed by atoms with Crippen LogP contribution in [0.25, 0.3) is 10.9 Å². The lowest BCUT2D eigenvalue weighted by Gasteiger charge is -2.34. The highest BCUT2D eigenvalue weighted by atomic mass is 35.5. The van der Waals surface area contributed by atoms with E-state index in [1.165, 1.54) is 18.9 Å². The number of piperazine rings is 1. The quantitative estimate of drug-likeness (QED) is 0.128. The Labute approximate surface area is 301 Å². The van der Waals surface area contributed by atoms with Crippen molar-refractivity contribution in [2.75, 3.05) is 58.9 Å². The highest BCUT2D eigenvalue weighted by Gasteiger charge is 2.28. The molecule has 50 heavy (non-hydrogen) atoms. The first-order valence-electron chi connectivity index (χ1n) is 16.5. The normalized spacial score (nSPS) is 16.9. The van der Waals surface area contributed by atoms with E-state index in [4.69, 9.17) is 37.4 Å². The summed E-state index contributed by atoms with van der Waals surface area (Å²) >= 11 is 12.7. The molecule has 1 aromatic heterocycles. The number of ether oxygens (including phenoxy) is 3. The van der Waals surface area contributed by atoms with Crippen molar-refractivity contribution < 1.29 is 23.8 Å². The van der Waals surface area contributed by atoms with Gasteiger partial charge in [0.2, 0.25) is 11.8 Å². The van der Waals surface area contributed by atoms with Crippen molar-refractivity contribution >= 4 is 57.3 Å². The first-order chi connectivity index (χ1) is 24.3. The van der Waals surface area contributed by atoms with Crippen molar-refractivity contribution in [3.8, 4) is 23.3 Å². The number of pyridine rings is 1. The van der Waals surface area contributed by atoms with Crippen LogP contribution < -0.4 is 24.8 Å². The van der Waals surface area contributed by atoms with E-state index in [1.807, 2.05) is 24.3 Å². The number of carbonyl (C=O) groups excluding carboxylic acids is 2. The van der Waals surface area contributed by atoms with E-state index >= 15 is 0 Å². The number of piperidine rings is 1. The summed E-state index contributed by atoms with van der Waals surface area (Å²) in [5.74, 6) is 0.865. The number of benzene rings is 3. The number of fused-ring (bicyclic) bond motifs is 1. The number of imide groups is 1. The van der Waals surface area contributed by atoms with Gasteiger partial charge in [-0.15, -0.1) is 0 Å². The summed E-state index contributed by atoms with van der Waals surface area (Å²) in [7, 11) is 3.10. The number of halogens is 2. The van der Waals surface area contributed by atoms with Gasteiger partial charge >= 0.3 is 0 Å². The second-order valence-electron chi connectivity index (χ2n) is 12.3. The number of amides is 2. The number of hydrogen-bond donors (Lipinski definition) is 2. The summed E-state index contributed by atoms with van der Waals surface area (Å²) in [6, 6.07) is 17.3. The van der Waals surface area contributed by atoms with Crippen LogP contribution in [0.1, 0.15) is 41.9 Å². The Balaban J connectivity index is 1.03. The second kappa shape index (κ2) is 16.0. The minimum absolute atomic E-state index is 0.194. The van der Waals surface area contributed by atoms with Gasteiger partial charge in [0, 0.05) is 69.4 Å². The molecule has 2 amide bonds. The standard InChI is InChI=1S/C37H38Cl2N6O5/c1-48-32-19-31(28(38)17-29(32)39)42-36-25(20-40)21-41-30-18-34(33(49-2)16-27(30)36)50-14-4-9-44-10-12-45(13-11-44)22-23-5-3-6-24(15-23)26-7-8-35(46)43-37(26)47/h3,5-6,15-19,21,26H,4,7-14,22H2,1-2H3,(H,41,42)(H,43,46,47). The molecule has 2 N–H and O–H groups in total. The number of nitrogens with one attached hydrogen (secondary N) is 2. The summed E-state index contributed by atoms with van der Waals surface area (Å²) < 4.78 is 17.2. The molecule has 2 aliphatic rings. The minimum atomic E-state index is -0.270. The Morgan fingerprint density at radius 1 is 0.980 bits per heavy atom. The van der Waals surface area contributed by atoms with Gasteiger partial charge in [-0.05, 0) is 36.1 Å². The molecule has 3 heterocycles. The molecule has 3 aromatic carbocycles. The molecular formula is C37H38Cl2N6O5. The molecule has 4 aromatic rings. The zero-order valence-corrected chi connectivity index (χ0v) is 29.4. The molecule has 2 aliphatic heterocycles. The molecule has 0 bridgehead atoms. The van der Waals surface area contributed by atoms with Crippen molar-refractivity contribution in [2.24, 2.45) is 0 Å². The van der Waals surface area contributed by atoms with Gasteiger partial charge in [-0.2, -0.15) is 5.26 Å². The maximum absolute atomic E-state index is 12.4. The number of rotatable bonds is 12. The lowest BCUT2D eigenvalue weighted by Crippen LogP contribution is -2.46. The third-order valence-electron chi connectivity index (χ3n) is 9.11. The van der Waals surface area contributed by atoms with Crippen LogP contribution in [-0.4, -0.2) is 80.1 Å². The topological polar surface area (TPSA) is 129 Å². The second-order valence-corrected chi connectivity index (χ2v) is 13.2.